The van der Waals surface area contributed by atoms with Crippen LogP contribution < -0.4 is 10.2 Å². The Hall–Kier alpha value is -1.36. The second-order valence-electron chi connectivity index (χ2n) is 5.12. The molecule has 0 amide bonds. The summed E-state index contributed by atoms with van der Waals surface area (Å²) in [5.74, 6) is 1.80. The number of ether oxygens (including phenoxy) is 1. The molecule has 98 valence electrons. The number of anilines is 2. The molecule has 1 aromatic heterocycles. The third-order valence-corrected chi connectivity index (χ3v) is 3.47. The van der Waals surface area contributed by atoms with Crippen molar-refractivity contribution in [3.63, 3.8) is 0 Å². The fourth-order valence-corrected chi connectivity index (χ4v) is 2.39. The topological polar surface area (TPSA) is 50.3 Å². The normalized spacial score (nSPS) is 20.6. The maximum absolute atomic E-state index is 5.17. The van der Waals surface area contributed by atoms with E-state index in [-0.39, 0.29) is 0 Å². The zero-order valence-electron chi connectivity index (χ0n) is 10.9. The third kappa shape index (κ3) is 2.56. The Kier molecular flexibility index (Phi) is 3.32. The molecule has 0 aromatic carbocycles. The first-order valence-electron chi connectivity index (χ1n) is 6.76. The molecule has 2 aliphatic heterocycles. The highest BCUT2D eigenvalue weighted by atomic mass is 16.5. The summed E-state index contributed by atoms with van der Waals surface area (Å²) in [6.45, 7) is 5.74. The maximum Gasteiger partial charge on any atom is 0.227 e. The van der Waals surface area contributed by atoms with Crippen molar-refractivity contribution in [1.82, 2.24) is 9.97 Å². The Bertz CT molecular complexity index is 413. The highest BCUT2D eigenvalue weighted by Gasteiger charge is 2.20. The van der Waals surface area contributed by atoms with Gasteiger partial charge in [-0.1, -0.05) is 0 Å². The number of aromatic nitrogens is 2. The van der Waals surface area contributed by atoms with Gasteiger partial charge in [0.25, 0.3) is 0 Å². The summed E-state index contributed by atoms with van der Waals surface area (Å²) in [5.41, 5.74) is 1.02. The number of hydrogen-bond donors (Lipinski definition) is 1. The van der Waals surface area contributed by atoms with Gasteiger partial charge in [0.1, 0.15) is 5.82 Å². The predicted molar refractivity (Wildman–Crippen MR) is 71.1 cm³/mol. The van der Waals surface area contributed by atoms with Gasteiger partial charge in [-0.3, -0.25) is 0 Å². The van der Waals surface area contributed by atoms with E-state index in [2.05, 4.69) is 20.2 Å². The molecule has 2 saturated heterocycles. The number of aryl methyl sites for hydroxylation is 1. The fraction of sp³-hybridized carbons (Fsp3) is 0.692. The minimum atomic E-state index is 0.411. The van der Waals surface area contributed by atoms with Crippen molar-refractivity contribution >= 4 is 11.8 Å². The average Bonchev–Trinajstić information content (AvgIpc) is 2.34. The Balaban J connectivity index is 1.75. The first-order valence-corrected chi connectivity index (χ1v) is 6.76. The van der Waals surface area contributed by atoms with Gasteiger partial charge in [0, 0.05) is 24.8 Å². The lowest BCUT2D eigenvalue weighted by Crippen LogP contribution is -2.40. The smallest absolute Gasteiger partial charge is 0.227 e. The van der Waals surface area contributed by atoms with Crippen LogP contribution in [0.2, 0.25) is 0 Å². The molecule has 2 aliphatic rings. The van der Waals surface area contributed by atoms with E-state index in [9.17, 15) is 0 Å². The number of rotatable bonds is 3. The molecule has 0 unspecified atom stereocenters. The van der Waals surface area contributed by atoms with Gasteiger partial charge in [-0.25, -0.2) is 4.98 Å². The largest absolute Gasteiger partial charge is 0.377 e. The quantitative estimate of drug-likeness (QED) is 0.880. The molecule has 1 N–H and O–H groups in total. The van der Waals surface area contributed by atoms with Crippen molar-refractivity contribution in [3.8, 4) is 0 Å². The lowest BCUT2D eigenvalue weighted by molar-refractivity contribution is 0.0209. The molecule has 5 heteroatoms. The molecule has 0 aliphatic carbocycles. The van der Waals surface area contributed by atoms with E-state index < -0.39 is 0 Å². The Morgan fingerprint density at radius 1 is 1.22 bits per heavy atom. The summed E-state index contributed by atoms with van der Waals surface area (Å²) in [6.07, 6.45) is 3.82. The molecule has 3 heterocycles. The molecular formula is C13H20N4O. The first-order chi connectivity index (χ1) is 8.81. The average molecular weight is 248 g/mol. The van der Waals surface area contributed by atoms with Crippen LogP contribution in [0.25, 0.3) is 0 Å². The van der Waals surface area contributed by atoms with E-state index in [1.807, 2.05) is 13.0 Å². The summed E-state index contributed by atoms with van der Waals surface area (Å²) >= 11 is 0. The number of hydrogen-bond acceptors (Lipinski definition) is 5. The summed E-state index contributed by atoms with van der Waals surface area (Å²) in [6, 6.07) is 2.42. The molecule has 5 nitrogen and oxygen atoms in total. The Labute approximate surface area is 108 Å². The van der Waals surface area contributed by atoms with E-state index >= 15 is 0 Å². The van der Waals surface area contributed by atoms with Gasteiger partial charge in [0.15, 0.2) is 0 Å². The van der Waals surface area contributed by atoms with Crippen molar-refractivity contribution in [2.24, 2.45) is 0 Å². The van der Waals surface area contributed by atoms with Gasteiger partial charge < -0.3 is 15.0 Å². The molecule has 2 fully saturated rings. The second-order valence-corrected chi connectivity index (χ2v) is 5.12. The summed E-state index contributed by atoms with van der Waals surface area (Å²) in [4.78, 5) is 11.5. The van der Waals surface area contributed by atoms with Crippen molar-refractivity contribution in [3.05, 3.63) is 11.8 Å². The van der Waals surface area contributed by atoms with E-state index in [1.54, 1.807) is 0 Å². The number of nitrogens with zero attached hydrogens (tertiary/aromatic N) is 3. The highest BCUT2D eigenvalue weighted by molar-refractivity contribution is 5.44. The predicted octanol–water partition coefficient (Wildman–Crippen LogP) is 1.59. The molecule has 0 atom stereocenters. The highest BCUT2D eigenvalue weighted by Crippen LogP contribution is 2.19. The standard InChI is InChI=1S/C13H20N4O/c1-10-7-12(15-11-8-18-9-11)16-13(14-10)17-5-3-2-4-6-17/h7,11H,2-6,8-9H2,1H3,(H,14,15,16). The number of nitrogens with one attached hydrogen (secondary N) is 1. The van der Waals surface area contributed by atoms with Gasteiger partial charge in [-0.15, -0.1) is 0 Å². The zero-order valence-corrected chi connectivity index (χ0v) is 10.9. The minimum absolute atomic E-state index is 0.411. The van der Waals surface area contributed by atoms with Crippen LogP contribution in [-0.4, -0.2) is 42.3 Å². The van der Waals surface area contributed by atoms with Crippen LogP contribution in [0.3, 0.4) is 0 Å². The third-order valence-electron chi connectivity index (χ3n) is 3.47. The van der Waals surface area contributed by atoms with Gasteiger partial charge in [-0.2, -0.15) is 4.98 Å². The van der Waals surface area contributed by atoms with Crippen LogP contribution in [0.5, 0.6) is 0 Å². The Morgan fingerprint density at radius 3 is 2.67 bits per heavy atom. The maximum atomic E-state index is 5.17. The van der Waals surface area contributed by atoms with Crippen LogP contribution in [0.1, 0.15) is 25.0 Å². The molecule has 0 saturated carbocycles. The zero-order chi connectivity index (χ0) is 12.4. The molecule has 0 bridgehead atoms. The van der Waals surface area contributed by atoms with E-state index in [1.165, 1.54) is 19.3 Å². The first kappa shape index (κ1) is 11.7. The van der Waals surface area contributed by atoms with Gasteiger partial charge in [-0.05, 0) is 26.2 Å². The fourth-order valence-electron chi connectivity index (χ4n) is 2.39. The minimum Gasteiger partial charge on any atom is -0.377 e. The van der Waals surface area contributed by atoms with Crippen molar-refractivity contribution in [1.29, 1.82) is 0 Å². The van der Waals surface area contributed by atoms with Crippen LogP contribution in [0.4, 0.5) is 11.8 Å². The lowest BCUT2D eigenvalue weighted by Gasteiger charge is -2.29. The summed E-state index contributed by atoms with van der Waals surface area (Å²) < 4.78 is 5.17. The molecule has 3 rings (SSSR count). The molecule has 1 aromatic rings. The van der Waals surface area contributed by atoms with Crippen molar-refractivity contribution in [2.75, 3.05) is 36.5 Å². The van der Waals surface area contributed by atoms with Crippen LogP contribution in [-0.2, 0) is 4.74 Å². The van der Waals surface area contributed by atoms with Gasteiger partial charge >= 0.3 is 0 Å². The molecule has 0 spiro atoms. The second kappa shape index (κ2) is 5.10. The van der Waals surface area contributed by atoms with Gasteiger partial charge in [0.2, 0.25) is 5.95 Å². The number of piperidine rings is 1. The van der Waals surface area contributed by atoms with Crippen molar-refractivity contribution in [2.45, 2.75) is 32.2 Å². The van der Waals surface area contributed by atoms with Crippen LogP contribution in [0.15, 0.2) is 6.07 Å². The Morgan fingerprint density at radius 2 is 2.00 bits per heavy atom. The summed E-state index contributed by atoms with van der Waals surface area (Å²) in [5, 5.41) is 3.40. The molecule has 0 radical (unpaired) electrons. The van der Waals surface area contributed by atoms with E-state index in [0.29, 0.717) is 6.04 Å². The van der Waals surface area contributed by atoms with E-state index in [4.69, 9.17) is 4.74 Å². The van der Waals surface area contributed by atoms with Gasteiger partial charge in [0.05, 0.1) is 19.3 Å². The summed E-state index contributed by atoms with van der Waals surface area (Å²) in [7, 11) is 0. The van der Waals surface area contributed by atoms with Crippen LogP contribution in [0, 0.1) is 6.92 Å². The molecular weight excluding hydrogens is 228 g/mol. The monoisotopic (exact) mass is 248 g/mol. The SMILES string of the molecule is Cc1cc(NC2COC2)nc(N2CCCCC2)n1. The lowest BCUT2D eigenvalue weighted by atomic mass is 10.1. The van der Waals surface area contributed by atoms with Crippen LogP contribution >= 0.6 is 0 Å². The van der Waals surface area contributed by atoms with E-state index in [0.717, 1.165) is 43.8 Å². The van der Waals surface area contributed by atoms with Crippen molar-refractivity contribution < 1.29 is 4.74 Å². The molecule has 18 heavy (non-hydrogen) atoms.